The van der Waals surface area contributed by atoms with Crippen molar-refractivity contribution >= 4 is 11.7 Å². The highest BCUT2D eigenvalue weighted by atomic mass is 16.1. The van der Waals surface area contributed by atoms with Crippen LogP contribution in [0.25, 0.3) is 0 Å². The standard InChI is InChI=1S/C22H30N4O/c1-2-23-22(27)20-11-12-24-21(18-20)26-15-7-14-25(16-17-26)13-6-10-19-8-4-3-5-9-19/h3-5,8-9,11-12,18H,2,6-7,10,13-17H2,1H3,(H,23,27). The number of pyridine rings is 1. The Morgan fingerprint density at radius 2 is 1.96 bits per heavy atom. The van der Waals surface area contributed by atoms with Crippen molar-refractivity contribution in [3.05, 3.63) is 59.8 Å². The average molecular weight is 367 g/mol. The first-order chi connectivity index (χ1) is 13.3. The maximum atomic E-state index is 12.1. The van der Waals surface area contributed by atoms with E-state index in [-0.39, 0.29) is 5.91 Å². The highest BCUT2D eigenvalue weighted by Gasteiger charge is 2.17. The molecule has 1 saturated heterocycles. The Balaban J connectivity index is 1.51. The van der Waals surface area contributed by atoms with Gasteiger partial charge in [-0.15, -0.1) is 0 Å². The van der Waals surface area contributed by atoms with Gasteiger partial charge in [0.25, 0.3) is 5.91 Å². The molecule has 0 radical (unpaired) electrons. The monoisotopic (exact) mass is 366 g/mol. The third-order valence-electron chi connectivity index (χ3n) is 5.04. The number of nitrogens with zero attached hydrogens (tertiary/aromatic N) is 3. The number of hydrogen-bond donors (Lipinski definition) is 1. The van der Waals surface area contributed by atoms with Crippen molar-refractivity contribution in [1.82, 2.24) is 15.2 Å². The summed E-state index contributed by atoms with van der Waals surface area (Å²) in [7, 11) is 0. The van der Waals surface area contributed by atoms with E-state index in [9.17, 15) is 4.79 Å². The summed E-state index contributed by atoms with van der Waals surface area (Å²) in [6, 6.07) is 14.4. The summed E-state index contributed by atoms with van der Waals surface area (Å²) < 4.78 is 0. The van der Waals surface area contributed by atoms with Gasteiger partial charge in [0.15, 0.2) is 0 Å². The Bertz CT molecular complexity index is 719. The molecule has 144 valence electrons. The molecule has 1 aliphatic rings. The summed E-state index contributed by atoms with van der Waals surface area (Å²) in [6.45, 7) is 7.82. The number of anilines is 1. The van der Waals surface area contributed by atoms with Crippen LogP contribution in [0.2, 0.25) is 0 Å². The molecule has 1 aromatic carbocycles. The first-order valence-corrected chi connectivity index (χ1v) is 10.0. The lowest BCUT2D eigenvalue weighted by Gasteiger charge is -2.23. The van der Waals surface area contributed by atoms with Gasteiger partial charge >= 0.3 is 0 Å². The number of rotatable bonds is 7. The summed E-state index contributed by atoms with van der Waals surface area (Å²) in [5.74, 6) is 0.878. The molecular weight excluding hydrogens is 336 g/mol. The van der Waals surface area contributed by atoms with Crippen LogP contribution < -0.4 is 10.2 Å². The largest absolute Gasteiger partial charge is 0.355 e. The van der Waals surface area contributed by atoms with Gasteiger partial charge in [0.2, 0.25) is 0 Å². The van der Waals surface area contributed by atoms with Gasteiger partial charge in [-0.2, -0.15) is 0 Å². The van der Waals surface area contributed by atoms with E-state index < -0.39 is 0 Å². The van der Waals surface area contributed by atoms with E-state index in [0.717, 1.165) is 51.4 Å². The number of benzene rings is 1. The summed E-state index contributed by atoms with van der Waals surface area (Å²) in [5.41, 5.74) is 2.10. The molecule has 1 N–H and O–H groups in total. The topological polar surface area (TPSA) is 48.5 Å². The zero-order valence-electron chi connectivity index (χ0n) is 16.2. The summed E-state index contributed by atoms with van der Waals surface area (Å²) in [5, 5.41) is 2.85. The lowest BCUT2D eigenvalue weighted by atomic mass is 10.1. The predicted octanol–water partition coefficient (Wildman–Crippen LogP) is 2.98. The minimum absolute atomic E-state index is 0.0292. The number of amides is 1. The third-order valence-corrected chi connectivity index (χ3v) is 5.04. The van der Waals surface area contributed by atoms with Crippen LogP contribution in [-0.2, 0) is 6.42 Å². The lowest BCUT2D eigenvalue weighted by Crippen LogP contribution is -2.32. The van der Waals surface area contributed by atoms with E-state index in [1.54, 1.807) is 12.3 Å². The van der Waals surface area contributed by atoms with Gasteiger partial charge in [-0.3, -0.25) is 4.79 Å². The number of hydrogen-bond acceptors (Lipinski definition) is 4. The highest BCUT2D eigenvalue weighted by molar-refractivity contribution is 5.94. The van der Waals surface area contributed by atoms with E-state index in [2.05, 4.69) is 50.4 Å². The summed E-state index contributed by atoms with van der Waals surface area (Å²) >= 11 is 0. The first kappa shape index (κ1) is 19.4. The van der Waals surface area contributed by atoms with Gasteiger partial charge in [0.05, 0.1) is 0 Å². The Hall–Kier alpha value is -2.40. The van der Waals surface area contributed by atoms with E-state index >= 15 is 0 Å². The summed E-state index contributed by atoms with van der Waals surface area (Å²) in [4.78, 5) is 21.4. The maximum absolute atomic E-state index is 12.1. The molecule has 0 atom stereocenters. The van der Waals surface area contributed by atoms with Gasteiger partial charge in [-0.05, 0) is 57.0 Å². The Morgan fingerprint density at radius 1 is 1.11 bits per heavy atom. The van der Waals surface area contributed by atoms with Crippen molar-refractivity contribution in [2.75, 3.05) is 44.2 Å². The van der Waals surface area contributed by atoms with Crippen LogP contribution in [0, 0.1) is 0 Å². The van der Waals surface area contributed by atoms with Gasteiger partial charge in [-0.1, -0.05) is 30.3 Å². The van der Waals surface area contributed by atoms with Crippen LogP contribution in [0.4, 0.5) is 5.82 Å². The minimum Gasteiger partial charge on any atom is -0.355 e. The van der Waals surface area contributed by atoms with Gasteiger partial charge in [0, 0.05) is 37.9 Å². The fraction of sp³-hybridized carbons (Fsp3) is 0.455. The zero-order valence-corrected chi connectivity index (χ0v) is 16.2. The predicted molar refractivity (Wildman–Crippen MR) is 110 cm³/mol. The van der Waals surface area contributed by atoms with Gasteiger partial charge in [-0.25, -0.2) is 4.98 Å². The van der Waals surface area contributed by atoms with Crippen LogP contribution in [-0.4, -0.2) is 55.1 Å². The molecule has 0 unspecified atom stereocenters. The second-order valence-electron chi connectivity index (χ2n) is 7.03. The quantitative estimate of drug-likeness (QED) is 0.818. The number of aryl methyl sites for hydroxylation is 1. The van der Waals surface area contributed by atoms with Crippen molar-refractivity contribution < 1.29 is 4.79 Å². The molecule has 1 amide bonds. The maximum Gasteiger partial charge on any atom is 0.251 e. The van der Waals surface area contributed by atoms with Crippen LogP contribution in [0.15, 0.2) is 48.7 Å². The second kappa shape index (κ2) is 10.1. The number of aromatic nitrogens is 1. The van der Waals surface area contributed by atoms with Crippen molar-refractivity contribution in [2.24, 2.45) is 0 Å². The van der Waals surface area contributed by atoms with E-state index in [4.69, 9.17) is 0 Å². The fourth-order valence-electron chi connectivity index (χ4n) is 3.57. The van der Waals surface area contributed by atoms with Crippen molar-refractivity contribution in [1.29, 1.82) is 0 Å². The summed E-state index contributed by atoms with van der Waals surface area (Å²) in [6.07, 6.45) is 5.19. The smallest absolute Gasteiger partial charge is 0.251 e. The molecule has 0 saturated carbocycles. The fourth-order valence-corrected chi connectivity index (χ4v) is 3.57. The Kier molecular flexibility index (Phi) is 7.22. The van der Waals surface area contributed by atoms with Crippen LogP contribution >= 0.6 is 0 Å². The SMILES string of the molecule is CCNC(=O)c1ccnc(N2CCCN(CCCc3ccccc3)CC2)c1. The molecule has 3 rings (SSSR count). The molecule has 5 heteroatoms. The van der Waals surface area contributed by atoms with Crippen LogP contribution in [0.5, 0.6) is 0 Å². The molecule has 0 bridgehead atoms. The lowest BCUT2D eigenvalue weighted by molar-refractivity contribution is 0.0955. The minimum atomic E-state index is -0.0292. The normalized spacial score (nSPS) is 15.4. The Morgan fingerprint density at radius 3 is 2.78 bits per heavy atom. The molecule has 5 nitrogen and oxygen atoms in total. The van der Waals surface area contributed by atoms with E-state index in [1.807, 2.05) is 13.0 Å². The number of carbonyl (C=O) groups is 1. The molecule has 2 heterocycles. The molecule has 27 heavy (non-hydrogen) atoms. The number of nitrogens with one attached hydrogen (secondary N) is 1. The molecular formula is C22H30N4O. The molecule has 1 fully saturated rings. The van der Waals surface area contributed by atoms with Crippen LogP contribution in [0.1, 0.15) is 35.7 Å². The van der Waals surface area contributed by atoms with Crippen molar-refractivity contribution in [2.45, 2.75) is 26.2 Å². The second-order valence-corrected chi connectivity index (χ2v) is 7.03. The van der Waals surface area contributed by atoms with E-state index in [0.29, 0.717) is 12.1 Å². The van der Waals surface area contributed by atoms with Gasteiger partial charge in [0.1, 0.15) is 5.82 Å². The zero-order chi connectivity index (χ0) is 18.9. The molecule has 1 aliphatic heterocycles. The van der Waals surface area contributed by atoms with Gasteiger partial charge < -0.3 is 15.1 Å². The first-order valence-electron chi connectivity index (χ1n) is 10.0. The third kappa shape index (κ3) is 5.79. The molecule has 0 aliphatic carbocycles. The van der Waals surface area contributed by atoms with Crippen molar-refractivity contribution in [3.63, 3.8) is 0 Å². The molecule has 1 aromatic heterocycles. The van der Waals surface area contributed by atoms with Crippen LogP contribution in [0.3, 0.4) is 0 Å². The molecule has 2 aromatic rings. The average Bonchev–Trinajstić information content (AvgIpc) is 2.95. The number of carbonyl (C=O) groups excluding carboxylic acids is 1. The molecule has 0 spiro atoms. The Labute approximate surface area is 162 Å². The van der Waals surface area contributed by atoms with E-state index in [1.165, 1.54) is 12.0 Å². The van der Waals surface area contributed by atoms with Crippen molar-refractivity contribution in [3.8, 4) is 0 Å². The highest BCUT2D eigenvalue weighted by Crippen LogP contribution is 2.16.